The van der Waals surface area contributed by atoms with Crippen LogP contribution in [0.2, 0.25) is 0 Å². The number of nitrogens with zero attached hydrogens (tertiary/aromatic N) is 1. The molecule has 7 heteroatoms. The van der Waals surface area contributed by atoms with E-state index < -0.39 is 6.61 Å². The zero-order valence-corrected chi connectivity index (χ0v) is 10.6. The van der Waals surface area contributed by atoms with E-state index in [1.807, 2.05) is 0 Å². The molecule has 20 heavy (non-hydrogen) atoms. The maximum atomic E-state index is 12.3. The molecule has 0 aliphatic heterocycles. The molecule has 0 bridgehead atoms. The van der Waals surface area contributed by atoms with Crippen LogP contribution in [-0.4, -0.2) is 23.2 Å². The zero-order chi connectivity index (χ0) is 14.5. The van der Waals surface area contributed by atoms with Crippen molar-refractivity contribution in [3.05, 3.63) is 40.9 Å². The normalized spacial score (nSPS) is 10.6. The molecule has 5 nitrogen and oxygen atoms in total. The van der Waals surface area contributed by atoms with Gasteiger partial charge in [-0.1, -0.05) is 0 Å². The number of hydrogen-bond donors (Lipinski definition) is 1. The van der Waals surface area contributed by atoms with E-state index in [9.17, 15) is 13.6 Å². The first kappa shape index (κ1) is 14.0. The highest BCUT2D eigenvalue weighted by molar-refractivity contribution is 5.63. The van der Waals surface area contributed by atoms with Crippen molar-refractivity contribution in [1.82, 2.24) is 9.97 Å². The molecule has 1 N–H and O–H groups in total. The summed E-state index contributed by atoms with van der Waals surface area (Å²) in [4.78, 5) is 18.1. The molecule has 1 aromatic carbocycles. The molecule has 2 aromatic rings. The van der Waals surface area contributed by atoms with Crippen LogP contribution in [0.5, 0.6) is 11.5 Å². The molecule has 2 rings (SSSR count). The van der Waals surface area contributed by atoms with Gasteiger partial charge >= 0.3 is 6.61 Å². The van der Waals surface area contributed by atoms with Crippen molar-refractivity contribution >= 4 is 0 Å². The first-order valence-corrected chi connectivity index (χ1v) is 5.87. The number of hydrogen-bond acceptors (Lipinski definition) is 4. The summed E-state index contributed by atoms with van der Waals surface area (Å²) in [5, 5.41) is 0. The number of rotatable bonds is 5. The van der Waals surface area contributed by atoms with Gasteiger partial charge in [0.2, 0.25) is 0 Å². The van der Waals surface area contributed by atoms with Gasteiger partial charge in [-0.3, -0.25) is 4.79 Å². The maximum absolute atomic E-state index is 12.3. The van der Waals surface area contributed by atoms with E-state index in [2.05, 4.69) is 14.7 Å². The zero-order valence-electron chi connectivity index (χ0n) is 10.6. The molecule has 0 spiro atoms. The molecule has 0 aliphatic rings. The average molecular weight is 282 g/mol. The Labute approximate surface area is 113 Å². The van der Waals surface area contributed by atoms with Gasteiger partial charge in [0.15, 0.2) is 11.5 Å². The van der Waals surface area contributed by atoms with Crippen LogP contribution in [0.3, 0.4) is 0 Å². The second-order valence-electron chi connectivity index (χ2n) is 3.74. The van der Waals surface area contributed by atoms with E-state index in [0.717, 1.165) is 0 Å². The molecule has 0 amide bonds. The lowest BCUT2D eigenvalue weighted by Crippen LogP contribution is -2.10. The molecule has 0 atom stereocenters. The van der Waals surface area contributed by atoms with Gasteiger partial charge in [-0.25, -0.2) is 4.98 Å². The lowest BCUT2D eigenvalue weighted by atomic mass is 10.1. The Kier molecular flexibility index (Phi) is 4.29. The fraction of sp³-hybridized carbons (Fsp3) is 0.231. The Morgan fingerprint density at radius 2 is 2.15 bits per heavy atom. The molecule has 0 saturated carbocycles. The number of benzene rings is 1. The smallest absolute Gasteiger partial charge is 0.387 e. The second kappa shape index (κ2) is 6.14. The standard InChI is InChI=1S/C13H12F2N2O3/c1-2-19-10-7-8(3-4-9(10)20-13(14)15)11-12(18)17-6-5-16-11/h3-7,13H,2H2,1H3,(H,17,18). The Morgan fingerprint density at radius 3 is 2.80 bits per heavy atom. The summed E-state index contributed by atoms with van der Waals surface area (Å²) in [6, 6.07) is 4.23. The lowest BCUT2D eigenvalue weighted by molar-refractivity contribution is -0.0514. The molecule has 0 fully saturated rings. The Morgan fingerprint density at radius 1 is 1.35 bits per heavy atom. The fourth-order valence-electron chi connectivity index (χ4n) is 1.67. The summed E-state index contributed by atoms with van der Waals surface area (Å²) in [6.45, 7) is -0.952. The maximum Gasteiger partial charge on any atom is 0.387 e. The first-order chi connectivity index (χ1) is 9.61. The lowest BCUT2D eigenvalue weighted by Gasteiger charge is -2.12. The van der Waals surface area contributed by atoms with Gasteiger partial charge in [-0.05, 0) is 25.1 Å². The van der Waals surface area contributed by atoms with Crippen molar-refractivity contribution in [2.45, 2.75) is 13.5 Å². The third-order valence-electron chi connectivity index (χ3n) is 2.44. The van der Waals surface area contributed by atoms with Crippen molar-refractivity contribution in [3.8, 4) is 22.8 Å². The van der Waals surface area contributed by atoms with Crippen LogP contribution in [0.15, 0.2) is 35.4 Å². The highest BCUT2D eigenvalue weighted by atomic mass is 19.3. The minimum atomic E-state index is -2.95. The second-order valence-corrected chi connectivity index (χ2v) is 3.74. The van der Waals surface area contributed by atoms with Gasteiger partial charge in [0.25, 0.3) is 5.56 Å². The van der Waals surface area contributed by atoms with Crippen LogP contribution < -0.4 is 15.0 Å². The van der Waals surface area contributed by atoms with Crippen LogP contribution in [0.4, 0.5) is 8.78 Å². The van der Waals surface area contributed by atoms with Crippen molar-refractivity contribution in [2.75, 3.05) is 6.61 Å². The predicted octanol–water partition coefficient (Wildman–Crippen LogP) is 2.44. The van der Waals surface area contributed by atoms with E-state index in [4.69, 9.17) is 4.74 Å². The monoisotopic (exact) mass is 282 g/mol. The molecule has 106 valence electrons. The van der Waals surface area contributed by atoms with Gasteiger partial charge in [-0.15, -0.1) is 0 Å². The van der Waals surface area contributed by atoms with Crippen LogP contribution >= 0.6 is 0 Å². The molecule has 0 unspecified atom stereocenters. The number of H-pyrrole nitrogens is 1. The summed E-state index contributed by atoms with van der Waals surface area (Å²) in [7, 11) is 0. The number of aromatic nitrogens is 2. The van der Waals surface area contributed by atoms with Crippen molar-refractivity contribution in [3.63, 3.8) is 0 Å². The number of alkyl halides is 2. The van der Waals surface area contributed by atoms with Gasteiger partial charge in [0, 0.05) is 18.0 Å². The minimum Gasteiger partial charge on any atom is -0.490 e. The predicted molar refractivity (Wildman–Crippen MR) is 68.1 cm³/mol. The molecule has 1 aromatic heterocycles. The minimum absolute atomic E-state index is 0.0852. The molecule has 1 heterocycles. The van der Waals surface area contributed by atoms with Crippen molar-refractivity contribution in [2.24, 2.45) is 0 Å². The summed E-state index contributed by atoms with van der Waals surface area (Å²) in [5.74, 6) is 0.0494. The van der Waals surface area contributed by atoms with Crippen LogP contribution in [0.1, 0.15) is 6.92 Å². The van der Waals surface area contributed by atoms with E-state index in [1.165, 1.54) is 30.6 Å². The van der Waals surface area contributed by atoms with Crippen molar-refractivity contribution in [1.29, 1.82) is 0 Å². The Bertz CT molecular complexity index is 644. The number of nitrogens with one attached hydrogen (secondary N) is 1. The largest absolute Gasteiger partial charge is 0.490 e. The van der Waals surface area contributed by atoms with Crippen molar-refractivity contribution < 1.29 is 18.3 Å². The van der Waals surface area contributed by atoms with E-state index in [1.54, 1.807) is 6.92 Å². The van der Waals surface area contributed by atoms with Gasteiger partial charge in [-0.2, -0.15) is 8.78 Å². The number of ether oxygens (including phenoxy) is 2. The SMILES string of the molecule is CCOc1cc(-c2ncc[nH]c2=O)ccc1OC(F)F. The Balaban J connectivity index is 2.44. The number of aromatic amines is 1. The van der Waals surface area contributed by atoms with Gasteiger partial charge in [0.1, 0.15) is 5.69 Å². The fourth-order valence-corrected chi connectivity index (χ4v) is 1.67. The van der Waals surface area contributed by atoms with Crippen LogP contribution in [0.25, 0.3) is 11.3 Å². The topological polar surface area (TPSA) is 64.2 Å². The molecule has 0 radical (unpaired) electrons. The average Bonchev–Trinajstić information content (AvgIpc) is 2.41. The highest BCUT2D eigenvalue weighted by Crippen LogP contribution is 2.32. The third-order valence-corrected chi connectivity index (χ3v) is 2.44. The molecule has 0 saturated heterocycles. The van der Waals surface area contributed by atoms with Crippen LogP contribution in [0, 0.1) is 0 Å². The first-order valence-electron chi connectivity index (χ1n) is 5.87. The van der Waals surface area contributed by atoms with E-state index in [-0.39, 0.29) is 29.4 Å². The molecular formula is C13H12F2N2O3. The van der Waals surface area contributed by atoms with E-state index in [0.29, 0.717) is 5.56 Å². The van der Waals surface area contributed by atoms with Gasteiger partial charge in [0.05, 0.1) is 6.61 Å². The number of halogens is 2. The molecule has 0 aliphatic carbocycles. The quantitative estimate of drug-likeness (QED) is 0.914. The van der Waals surface area contributed by atoms with Gasteiger partial charge < -0.3 is 14.5 Å². The Hall–Kier alpha value is -2.44. The summed E-state index contributed by atoms with van der Waals surface area (Å²) < 4.78 is 34.2. The molecular weight excluding hydrogens is 270 g/mol. The highest BCUT2D eigenvalue weighted by Gasteiger charge is 2.13. The van der Waals surface area contributed by atoms with E-state index >= 15 is 0 Å². The third kappa shape index (κ3) is 3.11. The summed E-state index contributed by atoms with van der Waals surface area (Å²) >= 11 is 0. The van der Waals surface area contributed by atoms with Crippen LogP contribution in [-0.2, 0) is 0 Å². The summed E-state index contributed by atoms with van der Waals surface area (Å²) in [5.41, 5.74) is 0.256. The summed E-state index contributed by atoms with van der Waals surface area (Å²) in [6.07, 6.45) is 2.84.